The molecule has 0 aliphatic carbocycles. The summed E-state index contributed by atoms with van der Waals surface area (Å²) < 4.78 is 73.6. The van der Waals surface area contributed by atoms with Crippen LogP contribution in [0.1, 0.15) is 19.4 Å². The number of ether oxygens (including phenoxy) is 1. The van der Waals surface area contributed by atoms with E-state index in [1.165, 1.54) is 26.0 Å². The zero-order valence-electron chi connectivity index (χ0n) is 14.4. The van der Waals surface area contributed by atoms with Gasteiger partial charge < -0.3 is 8.92 Å². The summed E-state index contributed by atoms with van der Waals surface area (Å²) >= 11 is 5.94. The lowest BCUT2D eigenvalue weighted by molar-refractivity contribution is -0.384. The molecule has 0 atom stereocenters. The van der Waals surface area contributed by atoms with E-state index in [1.54, 1.807) is 0 Å². The minimum absolute atomic E-state index is 0.0323. The number of hydrogen-bond acceptors (Lipinski definition) is 6. The predicted octanol–water partition coefficient (Wildman–Crippen LogP) is 5.18. The van der Waals surface area contributed by atoms with Crippen molar-refractivity contribution in [2.75, 3.05) is 0 Å². The minimum atomic E-state index is -4.93. The fraction of sp³-hybridized carbons (Fsp3) is 0.250. The quantitative estimate of drug-likeness (QED) is 0.350. The Morgan fingerprint density at radius 2 is 1.68 bits per heavy atom. The Kier molecular flexibility index (Phi) is 6.09. The number of nitro groups is 1. The van der Waals surface area contributed by atoms with Crippen LogP contribution in [0, 0.1) is 10.1 Å². The summed E-state index contributed by atoms with van der Waals surface area (Å²) in [6, 6.07) is 6.11. The minimum Gasteiger partial charge on any atom is -0.456 e. The van der Waals surface area contributed by atoms with E-state index < -0.39 is 42.8 Å². The summed E-state index contributed by atoms with van der Waals surface area (Å²) in [6.45, 7) is 2.46. The summed E-state index contributed by atoms with van der Waals surface area (Å²) in [4.78, 5) is 10.0. The number of nitrogens with zero attached hydrogens (tertiary/aromatic N) is 1. The third kappa shape index (κ3) is 4.84. The van der Waals surface area contributed by atoms with E-state index in [9.17, 15) is 31.7 Å². The molecule has 2 rings (SSSR count). The first-order valence-electron chi connectivity index (χ1n) is 7.58. The molecule has 0 heterocycles. The number of alkyl halides is 3. The molecule has 0 spiro atoms. The van der Waals surface area contributed by atoms with Gasteiger partial charge in [0.15, 0.2) is 5.75 Å². The number of benzene rings is 2. The maximum Gasteiger partial charge on any atom is 0.420 e. The van der Waals surface area contributed by atoms with E-state index in [0.29, 0.717) is 6.07 Å². The van der Waals surface area contributed by atoms with Crippen molar-refractivity contribution in [3.05, 3.63) is 57.1 Å². The molecule has 0 saturated carbocycles. The average Bonchev–Trinajstić information content (AvgIpc) is 2.57. The van der Waals surface area contributed by atoms with Gasteiger partial charge in [-0.3, -0.25) is 10.1 Å². The SMILES string of the molecule is CC(C)S(=O)(=O)Oc1c(C(F)(F)F)ccc(Oc2ccc([N+](=O)[O-])cc2)c1Cl. The largest absolute Gasteiger partial charge is 0.456 e. The van der Waals surface area contributed by atoms with Crippen molar-refractivity contribution in [3.8, 4) is 17.2 Å². The van der Waals surface area contributed by atoms with Crippen molar-refractivity contribution in [2.24, 2.45) is 0 Å². The molecule has 0 aliphatic rings. The summed E-state index contributed by atoms with van der Waals surface area (Å²) in [5.41, 5.74) is -1.62. The van der Waals surface area contributed by atoms with Crippen molar-refractivity contribution in [1.82, 2.24) is 0 Å². The van der Waals surface area contributed by atoms with Crippen LogP contribution in [-0.4, -0.2) is 18.6 Å². The molecule has 28 heavy (non-hydrogen) atoms. The highest BCUT2D eigenvalue weighted by atomic mass is 35.5. The molecule has 0 saturated heterocycles. The Bertz CT molecular complexity index is 991. The molecular weight excluding hydrogens is 427 g/mol. The van der Waals surface area contributed by atoms with Gasteiger partial charge in [0, 0.05) is 12.1 Å². The second-order valence-corrected chi connectivity index (χ2v) is 8.20. The number of halogens is 4. The molecule has 0 radical (unpaired) electrons. The zero-order chi connectivity index (χ0) is 21.3. The van der Waals surface area contributed by atoms with Gasteiger partial charge in [-0.2, -0.15) is 21.6 Å². The zero-order valence-corrected chi connectivity index (χ0v) is 15.9. The van der Waals surface area contributed by atoms with Gasteiger partial charge in [0.25, 0.3) is 5.69 Å². The van der Waals surface area contributed by atoms with E-state index in [2.05, 4.69) is 4.18 Å². The molecule has 0 fully saturated rings. The van der Waals surface area contributed by atoms with Gasteiger partial charge in [-0.1, -0.05) is 11.6 Å². The van der Waals surface area contributed by atoms with E-state index in [1.807, 2.05) is 0 Å². The maximum atomic E-state index is 13.2. The molecule has 152 valence electrons. The van der Waals surface area contributed by atoms with Crippen LogP contribution in [0.15, 0.2) is 36.4 Å². The van der Waals surface area contributed by atoms with Crippen molar-refractivity contribution in [1.29, 1.82) is 0 Å². The van der Waals surface area contributed by atoms with Gasteiger partial charge in [0.2, 0.25) is 0 Å². The molecule has 0 amide bonds. The lowest BCUT2D eigenvalue weighted by Gasteiger charge is -2.18. The van der Waals surface area contributed by atoms with E-state index in [-0.39, 0.29) is 17.2 Å². The second-order valence-electron chi connectivity index (χ2n) is 5.73. The molecule has 7 nitrogen and oxygen atoms in total. The van der Waals surface area contributed by atoms with Crippen LogP contribution in [0.2, 0.25) is 5.02 Å². The normalized spacial score (nSPS) is 12.1. The average molecular weight is 440 g/mol. The van der Waals surface area contributed by atoms with Crippen molar-refractivity contribution < 1.29 is 35.4 Å². The number of rotatable bonds is 6. The highest BCUT2D eigenvalue weighted by molar-refractivity contribution is 7.87. The highest BCUT2D eigenvalue weighted by Crippen LogP contribution is 2.46. The summed E-state index contributed by atoms with van der Waals surface area (Å²) in [5.74, 6) is -1.40. The van der Waals surface area contributed by atoms with Crippen LogP contribution in [0.5, 0.6) is 17.2 Å². The Morgan fingerprint density at radius 1 is 1.11 bits per heavy atom. The second kappa shape index (κ2) is 7.84. The standard InChI is InChI=1S/C16H13ClF3NO6S/c1-9(2)28(24,25)27-15-12(16(18,19)20)7-8-13(14(15)17)26-11-5-3-10(4-6-11)21(22)23/h3-9H,1-2H3. The van der Waals surface area contributed by atoms with Crippen molar-refractivity contribution >= 4 is 27.4 Å². The topological polar surface area (TPSA) is 95.7 Å². The first-order chi connectivity index (χ1) is 12.8. The number of hydrogen-bond donors (Lipinski definition) is 0. The molecule has 0 unspecified atom stereocenters. The van der Waals surface area contributed by atoms with E-state index in [0.717, 1.165) is 18.2 Å². The lowest BCUT2D eigenvalue weighted by Crippen LogP contribution is -2.22. The first kappa shape index (κ1) is 21.8. The fourth-order valence-electron chi connectivity index (χ4n) is 1.90. The van der Waals surface area contributed by atoms with Gasteiger partial charge >= 0.3 is 16.3 Å². The van der Waals surface area contributed by atoms with Crippen LogP contribution in [-0.2, 0) is 16.3 Å². The van der Waals surface area contributed by atoms with Crippen LogP contribution < -0.4 is 8.92 Å². The Hall–Kier alpha value is -2.53. The Labute approximate surface area is 162 Å². The van der Waals surface area contributed by atoms with Crippen LogP contribution >= 0.6 is 11.6 Å². The van der Waals surface area contributed by atoms with E-state index in [4.69, 9.17) is 16.3 Å². The summed E-state index contributed by atoms with van der Waals surface area (Å²) in [6.07, 6.45) is -4.93. The van der Waals surface area contributed by atoms with E-state index >= 15 is 0 Å². The molecule has 0 aliphatic heterocycles. The van der Waals surface area contributed by atoms with Crippen LogP contribution in [0.4, 0.5) is 18.9 Å². The van der Waals surface area contributed by atoms with Crippen LogP contribution in [0.25, 0.3) is 0 Å². The highest BCUT2D eigenvalue weighted by Gasteiger charge is 2.38. The summed E-state index contributed by atoms with van der Waals surface area (Å²) in [7, 11) is -4.38. The molecule has 2 aromatic rings. The lowest BCUT2D eigenvalue weighted by atomic mass is 10.2. The smallest absolute Gasteiger partial charge is 0.420 e. The number of nitro benzene ring substituents is 1. The van der Waals surface area contributed by atoms with Crippen LogP contribution in [0.3, 0.4) is 0 Å². The molecular formula is C16H13ClF3NO6S. The molecule has 0 bridgehead atoms. The third-order valence-electron chi connectivity index (χ3n) is 3.42. The molecule has 0 N–H and O–H groups in total. The Balaban J connectivity index is 2.49. The Morgan fingerprint density at radius 3 is 2.14 bits per heavy atom. The van der Waals surface area contributed by atoms with Gasteiger partial charge in [-0.25, -0.2) is 0 Å². The van der Waals surface area contributed by atoms with Crippen molar-refractivity contribution in [3.63, 3.8) is 0 Å². The van der Waals surface area contributed by atoms with Gasteiger partial charge in [0.1, 0.15) is 22.1 Å². The molecule has 12 heteroatoms. The predicted molar refractivity (Wildman–Crippen MR) is 94.3 cm³/mol. The maximum absolute atomic E-state index is 13.2. The van der Waals surface area contributed by atoms with Gasteiger partial charge in [-0.15, -0.1) is 0 Å². The summed E-state index contributed by atoms with van der Waals surface area (Å²) in [5, 5.41) is 8.82. The first-order valence-corrected chi connectivity index (χ1v) is 9.43. The monoisotopic (exact) mass is 439 g/mol. The van der Waals surface area contributed by atoms with Gasteiger partial charge in [-0.05, 0) is 38.1 Å². The third-order valence-corrected chi connectivity index (χ3v) is 5.33. The fourth-order valence-corrected chi connectivity index (χ4v) is 2.78. The van der Waals surface area contributed by atoms with Crippen molar-refractivity contribution in [2.45, 2.75) is 25.3 Å². The molecule has 0 aromatic heterocycles. The molecule has 2 aromatic carbocycles. The number of non-ortho nitro benzene ring substituents is 1. The van der Waals surface area contributed by atoms with Gasteiger partial charge in [0.05, 0.1) is 10.2 Å².